The Morgan fingerprint density at radius 1 is 0.853 bits per heavy atom. The highest BCUT2D eigenvalue weighted by atomic mass is 35.5. The van der Waals surface area contributed by atoms with Gasteiger partial charge in [-0.05, 0) is 85.4 Å². The average Bonchev–Trinajstić information content (AvgIpc) is 2.77. The summed E-state index contributed by atoms with van der Waals surface area (Å²) >= 11 is 12.1. The van der Waals surface area contributed by atoms with E-state index in [0.29, 0.717) is 34.9 Å². The van der Waals surface area contributed by atoms with E-state index in [1.807, 2.05) is 6.07 Å². The van der Waals surface area contributed by atoms with Crippen LogP contribution in [0.2, 0.25) is 10.0 Å². The molecule has 2 aromatic rings. The maximum Gasteiger partial charge on any atom is 0.137 e. The molecule has 2 rings (SSSR count). The summed E-state index contributed by atoms with van der Waals surface area (Å²) < 4.78 is 24.5. The van der Waals surface area contributed by atoms with Gasteiger partial charge in [-0.3, -0.25) is 0 Å². The topological polar surface area (TPSA) is 18.5 Å². The molecule has 0 spiro atoms. The molecule has 2 nitrogen and oxygen atoms in total. The molecule has 0 aliphatic carbocycles. The van der Waals surface area contributed by atoms with Crippen molar-refractivity contribution in [3.05, 3.63) is 64.2 Å². The zero-order valence-electron chi connectivity index (χ0n) is 21.1. The zero-order valence-corrected chi connectivity index (χ0v) is 22.7. The predicted molar refractivity (Wildman–Crippen MR) is 143 cm³/mol. The van der Waals surface area contributed by atoms with Crippen LogP contribution in [-0.4, -0.2) is 13.2 Å². The summed E-state index contributed by atoms with van der Waals surface area (Å²) in [6.07, 6.45) is 9.13. The minimum absolute atomic E-state index is 0.233. The monoisotopic (exact) mass is 509 g/mol. The van der Waals surface area contributed by atoms with E-state index < -0.39 is 0 Å². The molecule has 34 heavy (non-hydrogen) atoms. The van der Waals surface area contributed by atoms with E-state index in [9.17, 15) is 4.39 Å². The quantitative estimate of drug-likeness (QED) is 0.209. The van der Waals surface area contributed by atoms with Crippen LogP contribution in [0.1, 0.15) is 79.1 Å². The molecule has 1 radical (unpaired) electrons. The normalized spacial score (nSPS) is 12.7. The summed E-state index contributed by atoms with van der Waals surface area (Å²) in [4.78, 5) is 0. The van der Waals surface area contributed by atoms with Gasteiger partial charge in [0.1, 0.15) is 17.3 Å². The van der Waals surface area contributed by atoms with Gasteiger partial charge in [-0.25, -0.2) is 4.39 Å². The number of benzene rings is 2. The van der Waals surface area contributed by atoms with Crippen molar-refractivity contribution in [3.8, 4) is 11.5 Å². The van der Waals surface area contributed by atoms with Gasteiger partial charge in [-0.15, -0.1) is 0 Å². The van der Waals surface area contributed by atoms with Crippen molar-refractivity contribution < 1.29 is 13.9 Å². The number of halogens is 3. The zero-order chi connectivity index (χ0) is 25.0. The van der Waals surface area contributed by atoms with Gasteiger partial charge >= 0.3 is 0 Å². The highest BCUT2D eigenvalue weighted by Crippen LogP contribution is 2.41. The van der Waals surface area contributed by atoms with Crippen LogP contribution in [-0.2, 0) is 0 Å². The van der Waals surface area contributed by atoms with E-state index in [1.165, 1.54) is 43.7 Å². The van der Waals surface area contributed by atoms with Crippen LogP contribution in [0.5, 0.6) is 11.5 Å². The number of hydrogen-bond acceptors (Lipinski definition) is 2. The number of hydrogen-bond donors (Lipinski definition) is 0. The summed E-state index contributed by atoms with van der Waals surface area (Å²) in [6.45, 7) is 10.7. The van der Waals surface area contributed by atoms with Gasteiger partial charge in [-0.2, -0.15) is 0 Å². The third-order valence-corrected chi connectivity index (χ3v) is 7.01. The van der Waals surface area contributed by atoms with E-state index in [-0.39, 0.29) is 11.2 Å². The molecule has 0 bridgehead atoms. The van der Waals surface area contributed by atoms with Gasteiger partial charge < -0.3 is 9.47 Å². The highest BCUT2D eigenvalue weighted by Gasteiger charge is 2.31. The maximum absolute atomic E-state index is 13.0. The van der Waals surface area contributed by atoms with Crippen LogP contribution >= 0.6 is 23.2 Å². The summed E-state index contributed by atoms with van der Waals surface area (Å²) in [5.74, 6) is 3.34. The van der Waals surface area contributed by atoms with Crippen LogP contribution in [0.4, 0.5) is 4.39 Å². The summed E-state index contributed by atoms with van der Waals surface area (Å²) in [5, 5.41) is 1.18. The number of unbranched alkanes of at least 4 members (excludes halogenated alkanes) is 4. The van der Waals surface area contributed by atoms with Crippen LogP contribution in [0.15, 0.2) is 42.5 Å². The van der Waals surface area contributed by atoms with Gasteiger partial charge in [0.05, 0.1) is 18.2 Å². The van der Waals surface area contributed by atoms with Crippen molar-refractivity contribution in [2.24, 2.45) is 11.3 Å². The van der Waals surface area contributed by atoms with E-state index in [0.717, 1.165) is 31.4 Å². The SMILES string of the molecule is C[C](C)C(CCCCCOc1ccc(F)cc1)C(C)(C)CCCCCOc1ccc(Cl)cc1Cl. The van der Waals surface area contributed by atoms with E-state index >= 15 is 0 Å². The molecular weight excluding hydrogens is 470 g/mol. The Bertz CT molecular complexity index is 837. The van der Waals surface area contributed by atoms with Gasteiger partial charge in [0, 0.05) is 5.02 Å². The van der Waals surface area contributed by atoms with Crippen molar-refractivity contribution >= 4 is 23.2 Å². The smallest absolute Gasteiger partial charge is 0.137 e. The molecule has 0 amide bonds. The molecule has 0 N–H and O–H groups in total. The Morgan fingerprint density at radius 3 is 2.15 bits per heavy atom. The van der Waals surface area contributed by atoms with E-state index in [1.54, 1.807) is 24.3 Å². The second-order valence-corrected chi connectivity index (χ2v) is 10.8. The van der Waals surface area contributed by atoms with Crippen LogP contribution in [0.25, 0.3) is 0 Å². The standard InChI is InChI=1S/C29H40Cl2FO2/c1-22(2)26(11-7-5-9-19-33-25-15-13-24(32)14-16-25)29(3,4)18-8-6-10-20-34-28-17-12-23(30)21-27(28)31/h12-17,21,26H,5-11,18-20H2,1-4H3. The molecule has 0 saturated heterocycles. The minimum atomic E-state index is -0.233. The van der Waals surface area contributed by atoms with Crippen LogP contribution < -0.4 is 9.47 Å². The third kappa shape index (κ3) is 10.4. The summed E-state index contributed by atoms with van der Waals surface area (Å²) in [7, 11) is 0. The van der Waals surface area contributed by atoms with E-state index in [2.05, 4.69) is 27.7 Å². The van der Waals surface area contributed by atoms with Crippen LogP contribution in [0, 0.1) is 23.1 Å². The number of ether oxygens (including phenoxy) is 2. The molecule has 0 aliphatic heterocycles. The predicted octanol–water partition coefficient (Wildman–Crippen LogP) is 9.97. The Balaban J connectivity index is 1.62. The maximum atomic E-state index is 13.0. The lowest BCUT2D eigenvalue weighted by Gasteiger charge is -2.37. The fourth-order valence-electron chi connectivity index (χ4n) is 4.62. The second kappa shape index (κ2) is 14.8. The van der Waals surface area contributed by atoms with Gasteiger partial charge in [0.25, 0.3) is 0 Å². The first-order valence-corrected chi connectivity index (χ1v) is 13.2. The summed E-state index contributed by atoms with van der Waals surface area (Å²) in [6, 6.07) is 11.6. The van der Waals surface area contributed by atoms with Gasteiger partial charge in [-0.1, -0.05) is 76.6 Å². The minimum Gasteiger partial charge on any atom is -0.494 e. The first-order chi connectivity index (χ1) is 16.2. The lowest BCUT2D eigenvalue weighted by molar-refractivity contribution is 0.181. The molecule has 0 aromatic heterocycles. The lowest BCUT2D eigenvalue weighted by atomic mass is 9.68. The molecule has 0 saturated carbocycles. The molecule has 189 valence electrons. The Hall–Kier alpha value is -1.45. The molecule has 5 heteroatoms. The Kier molecular flexibility index (Phi) is 12.6. The first kappa shape index (κ1) is 28.8. The van der Waals surface area contributed by atoms with Gasteiger partial charge in [0.2, 0.25) is 0 Å². The van der Waals surface area contributed by atoms with Crippen molar-refractivity contribution in [1.82, 2.24) is 0 Å². The molecular formula is C29H40Cl2FO2. The molecule has 2 aromatic carbocycles. The fraction of sp³-hybridized carbons (Fsp3) is 0.552. The molecule has 0 fully saturated rings. The highest BCUT2D eigenvalue weighted by molar-refractivity contribution is 6.35. The Labute approximate surface area is 216 Å². The van der Waals surface area contributed by atoms with Crippen molar-refractivity contribution in [1.29, 1.82) is 0 Å². The van der Waals surface area contributed by atoms with E-state index in [4.69, 9.17) is 32.7 Å². The largest absolute Gasteiger partial charge is 0.494 e. The molecule has 0 aliphatic rings. The summed E-state index contributed by atoms with van der Waals surface area (Å²) in [5.41, 5.74) is 0.282. The van der Waals surface area contributed by atoms with Crippen molar-refractivity contribution in [2.45, 2.75) is 79.1 Å². The van der Waals surface area contributed by atoms with Crippen LogP contribution in [0.3, 0.4) is 0 Å². The molecule has 1 unspecified atom stereocenters. The lowest BCUT2D eigenvalue weighted by Crippen LogP contribution is -2.27. The molecule has 1 atom stereocenters. The van der Waals surface area contributed by atoms with Crippen molar-refractivity contribution in [3.63, 3.8) is 0 Å². The number of rotatable bonds is 16. The fourth-order valence-corrected chi connectivity index (χ4v) is 5.08. The second-order valence-electron chi connectivity index (χ2n) is 10.0. The average molecular weight is 511 g/mol. The van der Waals surface area contributed by atoms with Gasteiger partial charge in [0.15, 0.2) is 0 Å². The third-order valence-electron chi connectivity index (χ3n) is 6.48. The first-order valence-electron chi connectivity index (χ1n) is 12.5. The Morgan fingerprint density at radius 2 is 1.50 bits per heavy atom. The van der Waals surface area contributed by atoms with Crippen molar-refractivity contribution in [2.75, 3.05) is 13.2 Å². The molecule has 0 heterocycles.